The lowest BCUT2D eigenvalue weighted by Crippen LogP contribution is -2.60. The van der Waals surface area contributed by atoms with Gasteiger partial charge in [0.2, 0.25) is 0 Å². The summed E-state index contributed by atoms with van der Waals surface area (Å²) < 4.78 is 5.50. The van der Waals surface area contributed by atoms with Crippen LogP contribution in [0.1, 0.15) is 32.4 Å². The van der Waals surface area contributed by atoms with Crippen LogP contribution in [0, 0.1) is 0 Å². The van der Waals surface area contributed by atoms with Crippen LogP contribution in [0.25, 0.3) is 0 Å². The zero-order chi connectivity index (χ0) is 13.9. The molecule has 2 unspecified atom stereocenters. The van der Waals surface area contributed by atoms with E-state index in [1.165, 1.54) is 0 Å². The van der Waals surface area contributed by atoms with Crippen LogP contribution in [0.5, 0.6) is 0 Å². The van der Waals surface area contributed by atoms with Crippen LogP contribution in [0.3, 0.4) is 0 Å². The Balaban J connectivity index is 2.13. The number of likely N-dealkylation sites (N-methyl/N-ethyl adjacent to an activating group) is 1. The second kappa shape index (κ2) is 6.07. The first-order valence-corrected chi connectivity index (χ1v) is 7.29. The molecule has 0 saturated carbocycles. The summed E-state index contributed by atoms with van der Waals surface area (Å²) in [5.41, 5.74) is 6.28. The Labute approximate surface area is 116 Å². The average molecular weight is 265 g/mol. The second-order valence-corrected chi connectivity index (χ2v) is 5.81. The Morgan fingerprint density at radius 1 is 1.58 bits per heavy atom. The van der Waals surface area contributed by atoms with E-state index in [0.29, 0.717) is 6.04 Å². The number of nitrogens with two attached hydrogens (primary N) is 1. The molecule has 0 bridgehead atoms. The fraction of sp³-hybridized carbons (Fsp3) is 0.733. The van der Waals surface area contributed by atoms with Crippen molar-refractivity contribution in [2.24, 2.45) is 5.73 Å². The quantitative estimate of drug-likeness (QED) is 0.883. The van der Waals surface area contributed by atoms with E-state index in [4.69, 9.17) is 10.2 Å². The second-order valence-electron chi connectivity index (χ2n) is 5.81. The minimum Gasteiger partial charge on any atom is -0.468 e. The van der Waals surface area contributed by atoms with Gasteiger partial charge in [0, 0.05) is 18.1 Å². The molecular weight excluding hydrogens is 238 g/mol. The number of nitrogens with zero attached hydrogens (tertiary/aromatic N) is 2. The molecule has 1 saturated heterocycles. The zero-order valence-electron chi connectivity index (χ0n) is 12.4. The lowest BCUT2D eigenvalue weighted by atomic mass is 9.82. The maximum absolute atomic E-state index is 6.16. The molecule has 1 aromatic rings. The molecule has 2 rings (SSSR count). The first-order chi connectivity index (χ1) is 9.11. The van der Waals surface area contributed by atoms with Crippen LogP contribution >= 0.6 is 0 Å². The van der Waals surface area contributed by atoms with Crippen molar-refractivity contribution in [2.75, 3.05) is 26.7 Å². The van der Waals surface area contributed by atoms with Crippen LogP contribution in [0.4, 0.5) is 0 Å². The van der Waals surface area contributed by atoms with Crippen molar-refractivity contribution in [3.8, 4) is 0 Å². The highest BCUT2D eigenvalue weighted by Gasteiger charge is 2.40. The fourth-order valence-corrected chi connectivity index (χ4v) is 3.22. The van der Waals surface area contributed by atoms with Gasteiger partial charge in [-0.15, -0.1) is 0 Å². The molecule has 0 aromatic carbocycles. The molecule has 1 aliphatic heterocycles. The first kappa shape index (κ1) is 14.6. The number of hydrogen-bond acceptors (Lipinski definition) is 4. The Morgan fingerprint density at radius 2 is 2.37 bits per heavy atom. The van der Waals surface area contributed by atoms with Crippen LogP contribution in [-0.2, 0) is 6.54 Å². The van der Waals surface area contributed by atoms with E-state index in [0.717, 1.165) is 44.8 Å². The van der Waals surface area contributed by atoms with Crippen molar-refractivity contribution in [2.45, 2.75) is 44.8 Å². The van der Waals surface area contributed by atoms with Crippen LogP contribution < -0.4 is 5.73 Å². The highest BCUT2D eigenvalue weighted by atomic mass is 16.3. The molecule has 1 fully saturated rings. The van der Waals surface area contributed by atoms with Gasteiger partial charge in [0.05, 0.1) is 12.8 Å². The Kier molecular flexibility index (Phi) is 4.66. The molecule has 2 heterocycles. The summed E-state index contributed by atoms with van der Waals surface area (Å²) in [7, 11) is 2.20. The minimum absolute atomic E-state index is 0.119. The van der Waals surface area contributed by atoms with E-state index in [1.807, 2.05) is 12.1 Å². The lowest BCUT2D eigenvalue weighted by Gasteiger charge is -2.50. The Bertz CT molecular complexity index is 379. The topological polar surface area (TPSA) is 45.6 Å². The van der Waals surface area contributed by atoms with Gasteiger partial charge in [0.15, 0.2) is 0 Å². The van der Waals surface area contributed by atoms with Crippen LogP contribution in [0.15, 0.2) is 22.8 Å². The van der Waals surface area contributed by atoms with Crippen molar-refractivity contribution in [1.82, 2.24) is 9.80 Å². The molecule has 0 spiro atoms. The summed E-state index contributed by atoms with van der Waals surface area (Å²) in [6.07, 6.45) is 4.02. The molecule has 1 aliphatic rings. The summed E-state index contributed by atoms with van der Waals surface area (Å²) in [6, 6.07) is 4.59. The summed E-state index contributed by atoms with van der Waals surface area (Å²) >= 11 is 0. The number of hydrogen-bond donors (Lipinski definition) is 1. The molecule has 2 atom stereocenters. The molecule has 0 radical (unpaired) electrons. The Morgan fingerprint density at radius 3 is 2.89 bits per heavy atom. The summed E-state index contributed by atoms with van der Waals surface area (Å²) in [5.74, 6) is 1.03. The normalized spacial score (nSPS) is 29.0. The van der Waals surface area contributed by atoms with Gasteiger partial charge in [-0.05, 0) is 52.0 Å². The fourth-order valence-electron chi connectivity index (χ4n) is 3.22. The maximum atomic E-state index is 6.16. The highest BCUT2D eigenvalue weighted by Crippen LogP contribution is 2.32. The van der Waals surface area contributed by atoms with E-state index in [1.54, 1.807) is 6.26 Å². The lowest BCUT2D eigenvalue weighted by molar-refractivity contribution is 0.00463. The number of piperidine rings is 1. The molecule has 19 heavy (non-hydrogen) atoms. The molecule has 4 heteroatoms. The van der Waals surface area contributed by atoms with Crippen molar-refractivity contribution < 1.29 is 4.42 Å². The standard InChI is InChI=1S/C15H27N3O/c1-4-18(11-14-6-5-9-19-14)15(12-16)7-8-17(3)13(2)10-15/h5-6,9,13H,4,7-8,10-12,16H2,1-3H3. The predicted molar refractivity (Wildman–Crippen MR) is 77.9 cm³/mol. The molecule has 2 N–H and O–H groups in total. The van der Waals surface area contributed by atoms with Gasteiger partial charge in [0.1, 0.15) is 5.76 Å². The van der Waals surface area contributed by atoms with Gasteiger partial charge in [-0.3, -0.25) is 4.90 Å². The van der Waals surface area contributed by atoms with Gasteiger partial charge in [-0.25, -0.2) is 0 Å². The average Bonchev–Trinajstić information content (AvgIpc) is 2.92. The van der Waals surface area contributed by atoms with Crippen LogP contribution in [-0.4, -0.2) is 48.1 Å². The maximum Gasteiger partial charge on any atom is 0.117 e. The highest BCUT2D eigenvalue weighted by molar-refractivity contribution is 5.03. The SMILES string of the molecule is CCN(Cc1ccco1)C1(CN)CCN(C)C(C)C1. The van der Waals surface area contributed by atoms with Gasteiger partial charge < -0.3 is 15.1 Å². The van der Waals surface area contributed by atoms with Gasteiger partial charge >= 0.3 is 0 Å². The van der Waals surface area contributed by atoms with E-state index in [-0.39, 0.29) is 5.54 Å². The van der Waals surface area contributed by atoms with E-state index < -0.39 is 0 Å². The summed E-state index contributed by atoms with van der Waals surface area (Å²) in [6.45, 7) is 8.21. The zero-order valence-corrected chi connectivity index (χ0v) is 12.4. The number of furan rings is 1. The van der Waals surface area contributed by atoms with Crippen LogP contribution in [0.2, 0.25) is 0 Å². The summed E-state index contributed by atoms with van der Waals surface area (Å²) in [5, 5.41) is 0. The summed E-state index contributed by atoms with van der Waals surface area (Å²) in [4.78, 5) is 4.92. The van der Waals surface area contributed by atoms with Gasteiger partial charge in [-0.2, -0.15) is 0 Å². The third-order valence-electron chi connectivity index (χ3n) is 4.72. The molecular formula is C15H27N3O. The van der Waals surface area contributed by atoms with Crippen molar-refractivity contribution in [3.05, 3.63) is 24.2 Å². The third-order valence-corrected chi connectivity index (χ3v) is 4.72. The Hall–Kier alpha value is -0.840. The monoisotopic (exact) mass is 265 g/mol. The van der Waals surface area contributed by atoms with E-state index >= 15 is 0 Å². The first-order valence-electron chi connectivity index (χ1n) is 7.29. The van der Waals surface area contributed by atoms with Gasteiger partial charge in [-0.1, -0.05) is 6.92 Å². The molecule has 108 valence electrons. The molecule has 0 aliphatic carbocycles. The van der Waals surface area contributed by atoms with Crippen molar-refractivity contribution >= 4 is 0 Å². The smallest absolute Gasteiger partial charge is 0.117 e. The molecule has 0 amide bonds. The predicted octanol–water partition coefficient (Wildman–Crippen LogP) is 1.91. The largest absolute Gasteiger partial charge is 0.468 e. The minimum atomic E-state index is 0.119. The van der Waals surface area contributed by atoms with E-state index in [9.17, 15) is 0 Å². The van der Waals surface area contributed by atoms with E-state index in [2.05, 4.69) is 30.7 Å². The number of likely N-dealkylation sites (tertiary alicyclic amines) is 1. The third kappa shape index (κ3) is 3.02. The van der Waals surface area contributed by atoms with Gasteiger partial charge in [0.25, 0.3) is 0 Å². The van der Waals surface area contributed by atoms with Crippen molar-refractivity contribution in [1.29, 1.82) is 0 Å². The molecule has 1 aromatic heterocycles. The number of rotatable bonds is 5. The van der Waals surface area contributed by atoms with Crippen molar-refractivity contribution in [3.63, 3.8) is 0 Å². The molecule has 4 nitrogen and oxygen atoms in total.